The Hall–Kier alpha value is -0.930. The summed E-state index contributed by atoms with van der Waals surface area (Å²) in [6, 6.07) is 4.28. The van der Waals surface area contributed by atoms with Gasteiger partial charge in [0.15, 0.2) is 0 Å². The number of hydrogen-bond donors (Lipinski definition) is 1. The zero-order valence-electron chi connectivity index (χ0n) is 9.66. The van der Waals surface area contributed by atoms with E-state index in [9.17, 15) is 0 Å². The van der Waals surface area contributed by atoms with Crippen molar-refractivity contribution in [2.45, 2.75) is 25.3 Å². The Kier molecular flexibility index (Phi) is 4.44. The van der Waals surface area contributed by atoms with E-state index in [1.807, 2.05) is 6.07 Å². The SMILES string of the molecule is COc1cc2c(c(OC)c1)CCC(N)C2.Cl. The smallest absolute Gasteiger partial charge is 0.126 e. The van der Waals surface area contributed by atoms with E-state index in [0.717, 1.165) is 30.8 Å². The summed E-state index contributed by atoms with van der Waals surface area (Å²) in [6.45, 7) is 0. The second kappa shape index (κ2) is 5.41. The van der Waals surface area contributed by atoms with Crippen LogP contribution in [0.4, 0.5) is 0 Å². The van der Waals surface area contributed by atoms with Gasteiger partial charge in [-0.15, -0.1) is 12.4 Å². The van der Waals surface area contributed by atoms with Gasteiger partial charge in [-0.2, -0.15) is 0 Å². The van der Waals surface area contributed by atoms with Gasteiger partial charge in [-0.05, 0) is 36.5 Å². The van der Waals surface area contributed by atoms with Crippen LogP contribution in [0.5, 0.6) is 11.5 Å². The van der Waals surface area contributed by atoms with Crippen LogP contribution in [-0.2, 0) is 12.8 Å². The van der Waals surface area contributed by atoms with Gasteiger partial charge in [-0.1, -0.05) is 0 Å². The fourth-order valence-corrected chi connectivity index (χ4v) is 2.16. The zero-order chi connectivity index (χ0) is 10.8. The van der Waals surface area contributed by atoms with Crippen LogP contribution in [0.25, 0.3) is 0 Å². The minimum absolute atomic E-state index is 0. The molecule has 0 bridgehead atoms. The van der Waals surface area contributed by atoms with Gasteiger partial charge >= 0.3 is 0 Å². The minimum Gasteiger partial charge on any atom is -0.497 e. The van der Waals surface area contributed by atoms with Gasteiger partial charge in [-0.3, -0.25) is 0 Å². The summed E-state index contributed by atoms with van der Waals surface area (Å²) in [7, 11) is 3.37. The Morgan fingerprint density at radius 1 is 1.25 bits per heavy atom. The number of fused-ring (bicyclic) bond motifs is 1. The predicted molar refractivity (Wildman–Crippen MR) is 66.8 cm³/mol. The maximum Gasteiger partial charge on any atom is 0.126 e. The number of benzene rings is 1. The third kappa shape index (κ3) is 2.42. The molecule has 2 rings (SSSR count). The van der Waals surface area contributed by atoms with Crippen LogP contribution in [0.3, 0.4) is 0 Å². The summed E-state index contributed by atoms with van der Waals surface area (Å²) >= 11 is 0. The lowest BCUT2D eigenvalue weighted by Crippen LogP contribution is -2.28. The maximum atomic E-state index is 5.95. The summed E-state index contributed by atoms with van der Waals surface area (Å²) in [4.78, 5) is 0. The van der Waals surface area contributed by atoms with Gasteiger partial charge in [0.1, 0.15) is 11.5 Å². The van der Waals surface area contributed by atoms with Gasteiger partial charge in [-0.25, -0.2) is 0 Å². The number of rotatable bonds is 2. The van der Waals surface area contributed by atoms with E-state index in [1.54, 1.807) is 14.2 Å². The largest absolute Gasteiger partial charge is 0.497 e. The molecule has 1 aliphatic rings. The van der Waals surface area contributed by atoms with E-state index in [-0.39, 0.29) is 18.4 Å². The lowest BCUT2D eigenvalue weighted by molar-refractivity contribution is 0.386. The summed E-state index contributed by atoms with van der Waals surface area (Å²) in [5.74, 6) is 1.77. The van der Waals surface area contributed by atoms with Gasteiger partial charge in [0.05, 0.1) is 14.2 Å². The van der Waals surface area contributed by atoms with Crippen molar-refractivity contribution in [1.82, 2.24) is 0 Å². The molecule has 1 aliphatic carbocycles. The van der Waals surface area contributed by atoms with E-state index in [1.165, 1.54) is 11.1 Å². The summed E-state index contributed by atoms with van der Waals surface area (Å²) < 4.78 is 10.6. The molecule has 0 aromatic heterocycles. The quantitative estimate of drug-likeness (QED) is 0.864. The molecule has 0 saturated carbocycles. The molecule has 0 heterocycles. The van der Waals surface area contributed by atoms with Crippen molar-refractivity contribution in [3.05, 3.63) is 23.3 Å². The van der Waals surface area contributed by atoms with Gasteiger partial charge in [0.2, 0.25) is 0 Å². The molecule has 2 N–H and O–H groups in total. The number of halogens is 1. The molecule has 4 heteroatoms. The lowest BCUT2D eigenvalue weighted by Gasteiger charge is -2.23. The summed E-state index contributed by atoms with van der Waals surface area (Å²) in [6.07, 6.45) is 2.96. The first-order valence-corrected chi connectivity index (χ1v) is 5.24. The topological polar surface area (TPSA) is 44.5 Å². The van der Waals surface area contributed by atoms with Gasteiger partial charge in [0, 0.05) is 12.1 Å². The Labute approximate surface area is 102 Å². The van der Waals surface area contributed by atoms with Crippen LogP contribution in [0.2, 0.25) is 0 Å². The van der Waals surface area contributed by atoms with E-state index in [4.69, 9.17) is 15.2 Å². The van der Waals surface area contributed by atoms with Crippen molar-refractivity contribution in [2.75, 3.05) is 14.2 Å². The molecule has 0 saturated heterocycles. The van der Waals surface area contributed by atoms with Crippen LogP contribution < -0.4 is 15.2 Å². The second-order valence-corrected chi connectivity index (χ2v) is 3.97. The molecule has 0 spiro atoms. The number of ether oxygens (including phenoxy) is 2. The predicted octanol–water partition coefficient (Wildman–Crippen LogP) is 1.94. The first kappa shape index (κ1) is 13.1. The molecule has 16 heavy (non-hydrogen) atoms. The molecular formula is C12H18ClNO2. The summed E-state index contributed by atoms with van der Waals surface area (Å²) in [5.41, 5.74) is 8.51. The molecule has 1 aromatic rings. The standard InChI is InChI=1S/C12H17NO2.ClH/c1-14-10-6-8-5-9(13)3-4-11(8)12(7-10)15-2;/h6-7,9H,3-5,13H2,1-2H3;1H. The van der Waals surface area contributed by atoms with E-state index in [0.29, 0.717) is 0 Å². The third-order valence-corrected chi connectivity index (χ3v) is 2.98. The van der Waals surface area contributed by atoms with Crippen LogP contribution in [0.1, 0.15) is 17.5 Å². The molecule has 0 amide bonds. The van der Waals surface area contributed by atoms with Crippen molar-refractivity contribution < 1.29 is 9.47 Å². The lowest BCUT2D eigenvalue weighted by atomic mass is 9.88. The molecule has 0 radical (unpaired) electrons. The molecule has 0 aliphatic heterocycles. The first-order valence-electron chi connectivity index (χ1n) is 5.24. The van der Waals surface area contributed by atoms with Crippen LogP contribution >= 0.6 is 12.4 Å². The highest BCUT2D eigenvalue weighted by Crippen LogP contribution is 2.33. The number of nitrogens with two attached hydrogens (primary N) is 1. The normalized spacial score (nSPS) is 18.3. The van der Waals surface area contributed by atoms with E-state index >= 15 is 0 Å². The van der Waals surface area contributed by atoms with Crippen molar-refractivity contribution >= 4 is 12.4 Å². The van der Waals surface area contributed by atoms with Crippen molar-refractivity contribution in [2.24, 2.45) is 5.73 Å². The molecule has 0 fully saturated rings. The van der Waals surface area contributed by atoms with Gasteiger partial charge < -0.3 is 15.2 Å². The molecule has 1 aromatic carbocycles. The van der Waals surface area contributed by atoms with Crippen LogP contribution in [0.15, 0.2) is 12.1 Å². The number of hydrogen-bond acceptors (Lipinski definition) is 3. The average Bonchev–Trinajstić information content (AvgIpc) is 2.26. The fraction of sp³-hybridized carbons (Fsp3) is 0.500. The first-order chi connectivity index (χ1) is 7.24. The minimum atomic E-state index is 0. The van der Waals surface area contributed by atoms with Crippen molar-refractivity contribution in [3.8, 4) is 11.5 Å². The second-order valence-electron chi connectivity index (χ2n) is 3.97. The van der Waals surface area contributed by atoms with Crippen LogP contribution in [-0.4, -0.2) is 20.3 Å². The van der Waals surface area contributed by atoms with Crippen molar-refractivity contribution in [1.29, 1.82) is 0 Å². The molecule has 90 valence electrons. The van der Waals surface area contributed by atoms with E-state index < -0.39 is 0 Å². The average molecular weight is 244 g/mol. The monoisotopic (exact) mass is 243 g/mol. The van der Waals surface area contributed by atoms with Crippen LogP contribution in [0, 0.1) is 0 Å². The van der Waals surface area contributed by atoms with Gasteiger partial charge in [0.25, 0.3) is 0 Å². The Balaban J connectivity index is 0.00000128. The van der Waals surface area contributed by atoms with Crippen molar-refractivity contribution in [3.63, 3.8) is 0 Å². The fourth-order valence-electron chi connectivity index (χ4n) is 2.16. The summed E-state index contributed by atoms with van der Waals surface area (Å²) in [5, 5.41) is 0. The molecule has 1 atom stereocenters. The third-order valence-electron chi connectivity index (χ3n) is 2.98. The highest BCUT2D eigenvalue weighted by Gasteiger charge is 2.19. The Morgan fingerprint density at radius 2 is 2.00 bits per heavy atom. The highest BCUT2D eigenvalue weighted by atomic mass is 35.5. The number of methoxy groups -OCH3 is 2. The van der Waals surface area contributed by atoms with E-state index in [2.05, 4.69) is 6.07 Å². The maximum absolute atomic E-state index is 5.95. The Morgan fingerprint density at radius 3 is 2.62 bits per heavy atom. The molecule has 1 unspecified atom stereocenters. The zero-order valence-corrected chi connectivity index (χ0v) is 10.5. The molecular weight excluding hydrogens is 226 g/mol. The molecule has 3 nitrogen and oxygen atoms in total. The highest BCUT2D eigenvalue weighted by molar-refractivity contribution is 5.85. The Bertz CT molecular complexity index is 368.